The zero-order valence-electron chi connectivity index (χ0n) is 18.6. The first-order valence-electron chi connectivity index (χ1n) is 11.4. The van der Waals surface area contributed by atoms with Crippen LogP contribution >= 0.6 is 0 Å². The lowest BCUT2D eigenvalue weighted by atomic mass is 9.90. The maximum atomic E-state index is 12.0. The van der Waals surface area contributed by atoms with Crippen LogP contribution in [-0.4, -0.2) is 49.5 Å². The minimum atomic E-state index is -0.145. The van der Waals surface area contributed by atoms with Crippen molar-refractivity contribution in [2.75, 3.05) is 32.2 Å². The number of carbonyl (C=O) groups excluding carboxylic acids is 1. The smallest absolute Gasteiger partial charge is 0.137 e. The normalized spacial score (nSPS) is 22.2. The van der Waals surface area contributed by atoms with Crippen LogP contribution in [0.25, 0.3) is 0 Å². The van der Waals surface area contributed by atoms with Crippen LogP contribution in [0, 0.1) is 0 Å². The maximum absolute atomic E-state index is 12.0. The van der Waals surface area contributed by atoms with E-state index in [1.54, 1.807) is 14.2 Å². The summed E-state index contributed by atoms with van der Waals surface area (Å²) in [6, 6.07) is 12.0. The molecule has 1 aromatic carbocycles. The van der Waals surface area contributed by atoms with Crippen molar-refractivity contribution in [1.29, 1.82) is 0 Å². The molecule has 166 valence electrons. The monoisotopic (exact) mass is 423 g/mol. The number of anilines is 1. The van der Waals surface area contributed by atoms with Crippen molar-refractivity contribution in [2.45, 2.75) is 57.2 Å². The first kappa shape index (κ1) is 21.6. The number of ether oxygens (including phenoxy) is 2. The van der Waals surface area contributed by atoms with Crippen LogP contribution in [0.4, 0.5) is 5.82 Å². The summed E-state index contributed by atoms with van der Waals surface area (Å²) in [5.41, 5.74) is 2.02. The zero-order valence-corrected chi connectivity index (χ0v) is 18.6. The fraction of sp³-hybridized carbons (Fsp3) is 0.520. The lowest BCUT2D eigenvalue weighted by molar-refractivity contribution is -0.115. The van der Waals surface area contributed by atoms with Crippen molar-refractivity contribution in [3.8, 4) is 11.5 Å². The molecule has 0 N–H and O–H groups in total. The molecule has 0 aliphatic carbocycles. The second kappa shape index (κ2) is 10.1. The summed E-state index contributed by atoms with van der Waals surface area (Å²) in [5.74, 6) is 2.65. The molecule has 0 spiro atoms. The van der Waals surface area contributed by atoms with Crippen LogP contribution in [0.1, 0.15) is 55.8 Å². The van der Waals surface area contributed by atoms with Crippen molar-refractivity contribution in [1.82, 2.24) is 9.88 Å². The maximum Gasteiger partial charge on any atom is 0.137 e. The van der Waals surface area contributed by atoms with Gasteiger partial charge < -0.3 is 19.2 Å². The highest BCUT2D eigenvalue weighted by Gasteiger charge is 2.35. The van der Waals surface area contributed by atoms with Gasteiger partial charge in [-0.25, -0.2) is 4.98 Å². The second-order valence-corrected chi connectivity index (χ2v) is 8.43. The topological polar surface area (TPSA) is 54.9 Å². The Balaban J connectivity index is 1.65. The van der Waals surface area contributed by atoms with E-state index in [1.807, 2.05) is 18.2 Å². The Labute approximate surface area is 185 Å². The Hall–Kier alpha value is -2.60. The van der Waals surface area contributed by atoms with Gasteiger partial charge in [0.15, 0.2) is 0 Å². The number of hydrogen-bond donors (Lipinski definition) is 0. The van der Waals surface area contributed by atoms with Gasteiger partial charge in [-0.15, -0.1) is 0 Å². The first-order chi connectivity index (χ1) is 15.2. The average molecular weight is 424 g/mol. The summed E-state index contributed by atoms with van der Waals surface area (Å²) < 4.78 is 11.4. The molecule has 0 radical (unpaired) electrons. The molecule has 2 aromatic rings. The number of rotatable bonds is 7. The van der Waals surface area contributed by atoms with Gasteiger partial charge in [0, 0.05) is 25.7 Å². The average Bonchev–Trinajstić information content (AvgIpc) is 2.84. The first-order valence-corrected chi connectivity index (χ1v) is 11.4. The van der Waals surface area contributed by atoms with Crippen LogP contribution in [0.2, 0.25) is 0 Å². The van der Waals surface area contributed by atoms with Crippen molar-refractivity contribution in [2.24, 2.45) is 0 Å². The van der Waals surface area contributed by atoms with Crippen LogP contribution in [-0.2, 0) is 11.3 Å². The van der Waals surface area contributed by atoms with E-state index >= 15 is 0 Å². The molecule has 2 atom stereocenters. The number of pyridine rings is 1. The molecule has 2 saturated heterocycles. The van der Waals surface area contributed by atoms with E-state index in [2.05, 4.69) is 28.0 Å². The number of benzene rings is 1. The minimum Gasteiger partial charge on any atom is -0.496 e. The predicted molar refractivity (Wildman–Crippen MR) is 122 cm³/mol. The molecule has 3 heterocycles. The molecule has 4 rings (SSSR count). The summed E-state index contributed by atoms with van der Waals surface area (Å²) in [5, 5.41) is 0. The van der Waals surface area contributed by atoms with Gasteiger partial charge in [-0.2, -0.15) is 0 Å². The molecule has 0 amide bonds. The lowest BCUT2D eigenvalue weighted by Crippen LogP contribution is -2.42. The van der Waals surface area contributed by atoms with Gasteiger partial charge in [0.1, 0.15) is 23.6 Å². The molecule has 2 aliphatic heterocycles. The van der Waals surface area contributed by atoms with E-state index in [1.165, 1.54) is 19.3 Å². The van der Waals surface area contributed by atoms with Gasteiger partial charge in [-0.1, -0.05) is 12.1 Å². The quantitative estimate of drug-likeness (QED) is 0.616. The Bertz CT molecular complexity index is 860. The molecule has 1 aromatic heterocycles. The van der Waals surface area contributed by atoms with E-state index in [9.17, 15) is 4.79 Å². The van der Waals surface area contributed by atoms with E-state index in [-0.39, 0.29) is 12.1 Å². The van der Waals surface area contributed by atoms with E-state index in [4.69, 9.17) is 14.5 Å². The van der Waals surface area contributed by atoms with Crippen molar-refractivity contribution in [3.05, 3.63) is 47.7 Å². The highest BCUT2D eigenvalue weighted by atomic mass is 16.5. The van der Waals surface area contributed by atoms with Gasteiger partial charge >= 0.3 is 0 Å². The van der Waals surface area contributed by atoms with Crippen LogP contribution in [0.15, 0.2) is 36.4 Å². The fourth-order valence-corrected chi connectivity index (χ4v) is 5.02. The van der Waals surface area contributed by atoms with E-state index in [0.29, 0.717) is 6.54 Å². The highest BCUT2D eigenvalue weighted by molar-refractivity contribution is 5.59. The van der Waals surface area contributed by atoms with Crippen LogP contribution in [0.3, 0.4) is 0 Å². The highest BCUT2D eigenvalue weighted by Crippen LogP contribution is 2.43. The molecule has 6 heteroatoms. The van der Waals surface area contributed by atoms with Crippen LogP contribution < -0.4 is 14.4 Å². The Morgan fingerprint density at radius 1 is 0.968 bits per heavy atom. The minimum absolute atomic E-state index is 0.0375. The van der Waals surface area contributed by atoms with Crippen LogP contribution in [0.5, 0.6) is 11.5 Å². The number of aromatic nitrogens is 1. The summed E-state index contributed by atoms with van der Waals surface area (Å²) in [4.78, 5) is 21.7. The van der Waals surface area contributed by atoms with Gasteiger partial charge in [0.05, 0.1) is 31.5 Å². The summed E-state index contributed by atoms with van der Waals surface area (Å²) >= 11 is 0. The third-order valence-electron chi connectivity index (χ3n) is 6.58. The third-order valence-corrected chi connectivity index (χ3v) is 6.58. The Kier molecular flexibility index (Phi) is 7.07. The largest absolute Gasteiger partial charge is 0.496 e. The van der Waals surface area contributed by atoms with Gasteiger partial charge in [0.2, 0.25) is 0 Å². The van der Waals surface area contributed by atoms with Crippen molar-refractivity contribution >= 4 is 12.1 Å². The van der Waals surface area contributed by atoms with E-state index < -0.39 is 0 Å². The molecule has 0 saturated carbocycles. The van der Waals surface area contributed by atoms with Gasteiger partial charge in [0.25, 0.3) is 0 Å². The third kappa shape index (κ3) is 4.69. The number of nitrogens with zero attached hydrogens (tertiary/aromatic N) is 3. The molecule has 2 aliphatic rings. The standard InChI is InChI=1S/C25H33N3O3/c1-30-22-12-8-13-23(31-2)25(22)21-11-7-10-20(18-29)28(21)17-19-9-6-14-24(26-19)27-15-4-3-5-16-27/h6,8-9,12-14,18,20-21H,3-5,7,10-11,15-17H2,1-2H3. The van der Waals surface area contributed by atoms with Crippen molar-refractivity contribution < 1.29 is 14.3 Å². The Morgan fingerprint density at radius 3 is 2.35 bits per heavy atom. The number of methoxy groups -OCH3 is 2. The molecule has 2 unspecified atom stereocenters. The van der Waals surface area contributed by atoms with Gasteiger partial charge in [-0.3, -0.25) is 4.90 Å². The predicted octanol–water partition coefficient (Wildman–Crippen LogP) is 4.38. The lowest BCUT2D eigenvalue weighted by Gasteiger charge is -2.40. The molecule has 31 heavy (non-hydrogen) atoms. The SMILES string of the molecule is COc1cccc(OC)c1C1CCCC(C=O)N1Cc1cccc(N2CCCCC2)n1. The summed E-state index contributed by atoms with van der Waals surface area (Å²) in [7, 11) is 3.37. The number of piperidine rings is 2. The Morgan fingerprint density at radius 2 is 1.68 bits per heavy atom. The zero-order chi connectivity index (χ0) is 21.6. The fourth-order valence-electron chi connectivity index (χ4n) is 5.02. The number of aldehydes is 1. The van der Waals surface area contributed by atoms with Gasteiger partial charge in [-0.05, 0) is 62.8 Å². The second-order valence-electron chi connectivity index (χ2n) is 8.43. The molecular formula is C25H33N3O3. The summed E-state index contributed by atoms with van der Waals surface area (Å²) in [6.45, 7) is 2.76. The molecule has 2 fully saturated rings. The number of carbonyl (C=O) groups is 1. The van der Waals surface area contributed by atoms with E-state index in [0.717, 1.165) is 67.2 Å². The molecule has 6 nitrogen and oxygen atoms in total. The molecule has 0 bridgehead atoms. The summed E-state index contributed by atoms with van der Waals surface area (Å²) in [6.07, 6.45) is 7.64. The number of hydrogen-bond acceptors (Lipinski definition) is 6. The number of likely N-dealkylation sites (tertiary alicyclic amines) is 1. The van der Waals surface area contributed by atoms with Crippen molar-refractivity contribution in [3.63, 3.8) is 0 Å². The molecular weight excluding hydrogens is 390 g/mol.